The number of thioether (sulfide) groups is 1. The lowest BCUT2D eigenvalue weighted by atomic mass is 10.0. The quantitative estimate of drug-likeness (QED) is 0.819. The molecule has 1 aromatic carbocycles. The third-order valence-corrected chi connectivity index (χ3v) is 5.65. The van der Waals surface area contributed by atoms with Gasteiger partial charge in [-0.3, -0.25) is 4.79 Å². The molecular weight excluding hydrogens is 308 g/mol. The number of hydrogen-bond donors (Lipinski definition) is 2. The number of nitrogen functional groups attached to an aromatic ring is 1. The van der Waals surface area contributed by atoms with E-state index < -0.39 is 9.84 Å². The predicted octanol–water partition coefficient (Wildman–Crippen LogP) is 1.55. The molecule has 5 nitrogen and oxygen atoms in total. The minimum atomic E-state index is -3.38. The highest BCUT2D eigenvalue weighted by Crippen LogP contribution is 2.22. The molecule has 0 saturated carbocycles. The first-order valence-corrected chi connectivity index (χ1v) is 9.87. The summed E-state index contributed by atoms with van der Waals surface area (Å²) >= 11 is 1.94. The van der Waals surface area contributed by atoms with Crippen molar-refractivity contribution < 1.29 is 13.2 Å². The van der Waals surface area contributed by atoms with Crippen LogP contribution in [-0.4, -0.2) is 38.6 Å². The summed E-state index contributed by atoms with van der Waals surface area (Å²) in [5.74, 6) is 2.50. The third-order valence-electron chi connectivity index (χ3n) is 3.51. The van der Waals surface area contributed by atoms with Crippen molar-refractivity contribution in [2.24, 2.45) is 5.92 Å². The van der Waals surface area contributed by atoms with Crippen molar-refractivity contribution >= 4 is 33.2 Å². The van der Waals surface area contributed by atoms with Crippen molar-refractivity contribution in [3.63, 3.8) is 0 Å². The molecule has 0 aromatic heterocycles. The Kier molecular flexibility index (Phi) is 5.16. The lowest BCUT2D eigenvalue weighted by Crippen LogP contribution is -2.31. The summed E-state index contributed by atoms with van der Waals surface area (Å²) < 4.78 is 23.2. The lowest BCUT2D eigenvalue weighted by molar-refractivity contribution is 0.0946. The maximum absolute atomic E-state index is 12.2. The van der Waals surface area contributed by atoms with Crippen LogP contribution >= 0.6 is 11.8 Å². The van der Waals surface area contributed by atoms with Gasteiger partial charge in [-0.1, -0.05) is 0 Å². The third kappa shape index (κ3) is 4.64. The molecule has 1 saturated heterocycles. The molecule has 0 aliphatic carbocycles. The van der Waals surface area contributed by atoms with E-state index in [0.29, 0.717) is 18.0 Å². The highest BCUT2D eigenvalue weighted by Gasteiger charge is 2.17. The van der Waals surface area contributed by atoms with Gasteiger partial charge in [0.15, 0.2) is 9.84 Å². The summed E-state index contributed by atoms with van der Waals surface area (Å²) in [6, 6.07) is 4.24. The van der Waals surface area contributed by atoms with E-state index >= 15 is 0 Å². The van der Waals surface area contributed by atoms with Crippen molar-refractivity contribution in [1.82, 2.24) is 5.32 Å². The van der Waals surface area contributed by atoms with E-state index in [-0.39, 0.29) is 16.5 Å². The average Bonchev–Trinajstić information content (AvgIpc) is 2.44. The topological polar surface area (TPSA) is 89.3 Å². The van der Waals surface area contributed by atoms with Gasteiger partial charge < -0.3 is 11.1 Å². The van der Waals surface area contributed by atoms with Crippen molar-refractivity contribution in [2.75, 3.05) is 30.0 Å². The molecule has 116 valence electrons. The fourth-order valence-electron chi connectivity index (χ4n) is 2.26. The molecule has 1 fully saturated rings. The molecule has 0 bridgehead atoms. The number of carbonyl (C=O) groups excluding carboxylic acids is 1. The van der Waals surface area contributed by atoms with E-state index in [1.54, 1.807) is 0 Å². The van der Waals surface area contributed by atoms with Crippen LogP contribution in [0.15, 0.2) is 23.1 Å². The smallest absolute Gasteiger partial charge is 0.251 e. The molecule has 3 N–H and O–H groups in total. The van der Waals surface area contributed by atoms with E-state index in [2.05, 4.69) is 5.32 Å². The van der Waals surface area contributed by atoms with Gasteiger partial charge in [0.1, 0.15) is 0 Å². The fourth-order valence-corrected chi connectivity index (χ4v) is 4.15. The Bertz CT molecular complexity index is 623. The maximum Gasteiger partial charge on any atom is 0.251 e. The molecule has 0 radical (unpaired) electrons. The van der Waals surface area contributed by atoms with Gasteiger partial charge in [0.05, 0.1) is 4.90 Å². The summed E-state index contributed by atoms with van der Waals surface area (Å²) in [5.41, 5.74) is 6.25. The second kappa shape index (κ2) is 6.70. The Labute approximate surface area is 129 Å². The van der Waals surface area contributed by atoms with Crippen LogP contribution in [0.1, 0.15) is 23.2 Å². The molecule has 0 atom stereocenters. The number of amides is 1. The van der Waals surface area contributed by atoms with Crippen LogP contribution in [0.25, 0.3) is 0 Å². The van der Waals surface area contributed by atoms with Crippen molar-refractivity contribution in [2.45, 2.75) is 17.7 Å². The van der Waals surface area contributed by atoms with Gasteiger partial charge in [0.2, 0.25) is 0 Å². The van der Waals surface area contributed by atoms with E-state index in [4.69, 9.17) is 5.73 Å². The SMILES string of the molecule is CS(=O)(=O)c1cc(N)cc(C(=O)NCC2CCSCC2)c1. The monoisotopic (exact) mass is 328 g/mol. The number of anilines is 1. The van der Waals surface area contributed by atoms with Gasteiger partial charge in [0, 0.05) is 24.1 Å². The number of benzene rings is 1. The predicted molar refractivity (Wildman–Crippen MR) is 86.3 cm³/mol. The van der Waals surface area contributed by atoms with Crippen LogP contribution in [0.2, 0.25) is 0 Å². The first-order chi connectivity index (χ1) is 9.86. The molecule has 1 amide bonds. The van der Waals surface area contributed by atoms with Crippen molar-refractivity contribution in [1.29, 1.82) is 0 Å². The van der Waals surface area contributed by atoms with Crippen LogP contribution in [0.4, 0.5) is 5.69 Å². The minimum Gasteiger partial charge on any atom is -0.399 e. The van der Waals surface area contributed by atoms with E-state index in [1.807, 2.05) is 11.8 Å². The van der Waals surface area contributed by atoms with Gasteiger partial charge in [-0.2, -0.15) is 11.8 Å². The Hall–Kier alpha value is -1.21. The number of carbonyl (C=O) groups is 1. The van der Waals surface area contributed by atoms with E-state index in [9.17, 15) is 13.2 Å². The highest BCUT2D eigenvalue weighted by atomic mass is 32.2. The summed E-state index contributed by atoms with van der Waals surface area (Å²) in [4.78, 5) is 12.2. The minimum absolute atomic E-state index is 0.0710. The first kappa shape index (κ1) is 16.2. The van der Waals surface area contributed by atoms with Crippen LogP contribution in [-0.2, 0) is 9.84 Å². The van der Waals surface area contributed by atoms with E-state index in [1.165, 1.54) is 18.2 Å². The summed E-state index contributed by atoms with van der Waals surface area (Å²) in [6.45, 7) is 0.627. The van der Waals surface area contributed by atoms with Crippen molar-refractivity contribution in [3.8, 4) is 0 Å². The fraction of sp³-hybridized carbons (Fsp3) is 0.500. The van der Waals surface area contributed by atoms with E-state index in [0.717, 1.165) is 30.6 Å². The molecule has 0 unspecified atom stereocenters. The number of hydrogen-bond acceptors (Lipinski definition) is 5. The number of sulfone groups is 1. The second-order valence-electron chi connectivity index (χ2n) is 5.33. The normalized spacial score (nSPS) is 16.6. The first-order valence-electron chi connectivity index (χ1n) is 6.83. The van der Waals surface area contributed by atoms with Gasteiger partial charge in [-0.05, 0) is 48.5 Å². The Balaban J connectivity index is 2.06. The summed E-state index contributed by atoms with van der Waals surface area (Å²) in [5, 5.41) is 2.88. The number of nitrogens with two attached hydrogens (primary N) is 1. The van der Waals surface area contributed by atoms with Gasteiger partial charge >= 0.3 is 0 Å². The summed E-state index contributed by atoms with van der Waals surface area (Å²) in [6.07, 6.45) is 3.32. The molecule has 1 aliphatic rings. The standard InChI is InChI=1S/C14H20N2O3S2/c1-21(18,19)13-7-11(6-12(15)8-13)14(17)16-9-10-2-4-20-5-3-10/h6-8,10H,2-5,9,15H2,1H3,(H,16,17). The molecule has 1 heterocycles. The Morgan fingerprint density at radius 2 is 2.00 bits per heavy atom. The molecule has 7 heteroatoms. The lowest BCUT2D eigenvalue weighted by Gasteiger charge is -2.21. The van der Waals surface area contributed by atoms with Crippen LogP contribution in [0, 0.1) is 5.92 Å². The van der Waals surface area contributed by atoms with Gasteiger partial charge in [-0.25, -0.2) is 8.42 Å². The number of rotatable bonds is 4. The zero-order valence-corrected chi connectivity index (χ0v) is 13.6. The van der Waals surface area contributed by atoms with Crippen LogP contribution < -0.4 is 11.1 Å². The zero-order valence-electron chi connectivity index (χ0n) is 12.0. The second-order valence-corrected chi connectivity index (χ2v) is 8.57. The maximum atomic E-state index is 12.2. The molecule has 0 spiro atoms. The zero-order chi connectivity index (χ0) is 15.5. The largest absolute Gasteiger partial charge is 0.399 e. The molecule has 2 rings (SSSR count). The van der Waals surface area contributed by atoms with Crippen LogP contribution in [0.3, 0.4) is 0 Å². The molecule has 1 aromatic rings. The molecular formula is C14H20N2O3S2. The Morgan fingerprint density at radius 3 is 2.62 bits per heavy atom. The average molecular weight is 328 g/mol. The number of nitrogens with one attached hydrogen (secondary N) is 1. The van der Waals surface area contributed by atoms with Gasteiger partial charge in [0.25, 0.3) is 5.91 Å². The highest BCUT2D eigenvalue weighted by molar-refractivity contribution is 7.99. The van der Waals surface area contributed by atoms with Crippen molar-refractivity contribution in [3.05, 3.63) is 23.8 Å². The summed E-state index contributed by atoms with van der Waals surface area (Å²) in [7, 11) is -3.38. The molecule has 1 aliphatic heterocycles. The Morgan fingerprint density at radius 1 is 1.33 bits per heavy atom. The molecule has 21 heavy (non-hydrogen) atoms. The van der Waals surface area contributed by atoms with Gasteiger partial charge in [-0.15, -0.1) is 0 Å². The van der Waals surface area contributed by atoms with Crippen LogP contribution in [0.5, 0.6) is 0 Å².